The molecule has 1 aliphatic carbocycles. The van der Waals surface area contributed by atoms with E-state index in [9.17, 15) is 10.1 Å². The first-order valence-corrected chi connectivity index (χ1v) is 7.39. The molecule has 100 valence electrons. The molecule has 1 aliphatic heterocycles. The molecule has 1 heterocycles. The van der Waals surface area contributed by atoms with Crippen LogP contribution < -0.4 is 0 Å². The van der Waals surface area contributed by atoms with Crippen molar-refractivity contribution in [2.75, 3.05) is 6.54 Å². The maximum absolute atomic E-state index is 12.8. The van der Waals surface area contributed by atoms with Crippen LogP contribution in [0.15, 0.2) is 0 Å². The van der Waals surface area contributed by atoms with E-state index in [-0.39, 0.29) is 5.91 Å². The third-order valence-corrected chi connectivity index (χ3v) is 4.65. The Morgan fingerprint density at radius 2 is 2.00 bits per heavy atom. The number of nitriles is 1. The van der Waals surface area contributed by atoms with Gasteiger partial charge in [-0.1, -0.05) is 26.7 Å². The molecule has 1 saturated carbocycles. The molecule has 0 spiro atoms. The molecular formula is C15H24N2O. The van der Waals surface area contributed by atoms with Crippen molar-refractivity contribution in [1.82, 2.24) is 4.90 Å². The van der Waals surface area contributed by atoms with Gasteiger partial charge in [-0.2, -0.15) is 5.26 Å². The van der Waals surface area contributed by atoms with Gasteiger partial charge in [0.05, 0.1) is 6.07 Å². The molecule has 0 aromatic carbocycles. The van der Waals surface area contributed by atoms with Crippen LogP contribution in [0.25, 0.3) is 0 Å². The van der Waals surface area contributed by atoms with Crippen LogP contribution in [0.2, 0.25) is 0 Å². The fourth-order valence-electron chi connectivity index (χ4n) is 3.80. The number of hydrogen-bond donors (Lipinski definition) is 0. The Balaban J connectivity index is 2.15. The molecule has 1 saturated heterocycles. The van der Waals surface area contributed by atoms with Gasteiger partial charge in [0.1, 0.15) is 5.41 Å². The van der Waals surface area contributed by atoms with Gasteiger partial charge in [-0.25, -0.2) is 0 Å². The van der Waals surface area contributed by atoms with Gasteiger partial charge >= 0.3 is 0 Å². The van der Waals surface area contributed by atoms with Crippen LogP contribution in [0.3, 0.4) is 0 Å². The number of carbonyl (C=O) groups excluding carboxylic acids is 1. The predicted molar refractivity (Wildman–Crippen MR) is 70.7 cm³/mol. The second-order valence-corrected chi connectivity index (χ2v) is 5.98. The minimum absolute atomic E-state index is 0.126. The number of carbonyl (C=O) groups is 1. The van der Waals surface area contributed by atoms with Gasteiger partial charge in [0.15, 0.2) is 0 Å². The summed E-state index contributed by atoms with van der Waals surface area (Å²) in [6, 6.07) is 2.80. The lowest BCUT2D eigenvalue weighted by Crippen LogP contribution is -2.47. The van der Waals surface area contributed by atoms with Gasteiger partial charge in [0.25, 0.3) is 0 Å². The minimum Gasteiger partial charge on any atom is -0.338 e. The van der Waals surface area contributed by atoms with Crippen molar-refractivity contribution in [2.24, 2.45) is 11.3 Å². The van der Waals surface area contributed by atoms with Crippen molar-refractivity contribution in [3.63, 3.8) is 0 Å². The minimum atomic E-state index is -0.742. The Hall–Kier alpha value is -1.04. The highest BCUT2D eigenvalue weighted by atomic mass is 16.2. The molecule has 2 aliphatic rings. The maximum atomic E-state index is 12.8. The molecular weight excluding hydrogens is 224 g/mol. The smallest absolute Gasteiger partial charge is 0.243 e. The van der Waals surface area contributed by atoms with Gasteiger partial charge in [-0.05, 0) is 38.0 Å². The van der Waals surface area contributed by atoms with E-state index in [2.05, 4.69) is 19.9 Å². The summed E-state index contributed by atoms with van der Waals surface area (Å²) in [4.78, 5) is 14.8. The average Bonchev–Trinajstić information content (AvgIpc) is 2.99. The zero-order chi connectivity index (χ0) is 13.2. The SMILES string of the molecule is CCCC(C#N)(CCC)C(=O)N1CC2CCC1C2. The van der Waals surface area contributed by atoms with Crippen LogP contribution in [0, 0.1) is 22.7 Å². The van der Waals surface area contributed by atoms with Crippen LogP contribution in [-0.2, 0) is 4.79 Å². The summed E-state index contributed by atoms with van der Waals surface area (Å²) >= 11 is 0. The Kier molecular flexibility index (Phi) is 3.94. The number of piperidine rings is 1. The molecule has 0 N–H and O–H groups in total. The summed E-state index contributed by atoms with van der Waals surface area (Å²) in [6.07, 6.45) is 6.83. The number of fused-ring (bicyclic) bond motifs is 2. The third kappa shape index (κ3) is 2.13. The monoisotopic (exact) mass is 248 g/mol. The first-order chi connectivity index (χ1) is 8.66. The molecule has 2 fully saturated rings. The van der Waals surface area contributed by atoms with Crippen molar-refractivity contribution in [2.45, 2.75) is 64.8 Å². The van der Waals surface area contributed by atoms with Gasteiger partial charge in [-0.15, -0.1) is 0 Å². The first kappa shape index (κ1) is 13.4. The zero-order valence-corrected chi connectivity index (χ0v) is 11.6. The van der Waals surface area contributed by atoms with Crippen LogP contribution in [0.1, 0.15) is 58.8 Å². The Morgan fingerprint density at radius 3 is 2.39 bits per heavy atom. The number of likely N-dealkylation sites (tertiary alicyclic amines) is 1. The predicted octanol–water partition coefficient (Wildman–Crippen LogP) is 3.11. The van der Waals surface area contributed by atoms with Crippen LogP contribution >= 0.6 is 0 Å². The molecule has 2 atom stereocenters. The molecule has 18 heavy (non-hydrogen) atoms. The number of amides is 1. The molecule has 0 aromatic heterocycles. The second kappa shape index (κ2) is 5.30. The molecule has 0 aromatic rings. The van der Waals surface area contributed by atoms with E-state index in [4.69, 9.17) is 0 Å². The average molecular weight is 248 g/mol. The van der Waals surface area contributed by atoms with E-state index < -0.39 is 5.41 Å². The second-order valence-electron chi connectivity index (χ2n) is 5.98. The molecule has 1 amide bonds. The molecule has 3 nitrogen and oxygen atoms in total. The van der Waals surface area contributed by atoms with E-state index in [0.29, 0.717) is 24.8 Å². The van der Waals surface area contributed by atoms with E-state index >= 15 is 0 Å². The Bertz CT molecular complexity index is 352. The van der Waals surface area contributed by atoms with Crippen molar-refractivity contribution in [3.8, 4) is 6.07 Å². The number of nitrogens with zero attached hydrogens (tertiary/aromatic N) is 2. The molecule has 3 heteroatoms. The summed E-state index contributed by atoms with van der Waals surface area (Å²) < 4.78 is 0. The fourth-order valence-corrected chi connectivity index (χ4v) is 3.80. The van der Waals surface area contributed by atoms with Gasteiger partial charge in [0.2, 0.25) is 5.91 Å². The highest BCUT2D eigenvalue weighted by molar-refractivity contribution is 5.86. The lowest BCUT2D eigenvalue weighted by Gasteiger charge is -2.35. The largest absolute Gasteiger partial charge is 0.338 e. The summed E-state index contributed by atoms with van der Waals surface area (Å²) in [6.45, 7) is 5.02. The summed E-state index contributed by atoms with van der Waals surface area (Å²) in [5.41, 5.74) is -0.742. The summed E-state index contributed by atoms with van der Waals surface area (Å²) in [5.74, 6) is 0.833. The third-order valence-electron chi connectivity index (χ3n) is 4.65. The van der Waals surface area contributed by atoms with E-state index in [1.54, 1.807) is 0 Å². The number of hydrogen-bond acceptors (Lipinski definition) is 2. The van der Waals surface area contributed by atoms with Gasteiger partial charge in [0, 0.05) is 12.6 Å². The molecule has 2 unspecified atom stereocenters. The topological polar surface area (TPSA) is 44.1 Å². The fraction of sp³-hybridized carbons (Fsp3) is 0.867. The van der Waals surface area contributed by atoms with E-state index in [1.165, 1.54) is 12.8 Å². The van der Waals surface area contributed by atoms with Gasteiger partial charge < -0.3 is 4.90 Å². The van der Waals surface area contributed by atoms with Crippen molar-refractivity contribution >= 4 is 5.91 Å². The number of rotatable bonds is 5. The summed E-state index contributed by atoms with van der Waals surface area (Å²) in [5, 5.41) is 9.54. The van der Waals surface area contributed by atoms with Gasteiger partial charge in [-0.3, -0.25) is 4.79 Å². The highest BCUT2D eigenvalue weighted by Crippen LogP contribution is 2.41. The van der Waals surface area contributed by atoms with Crippen molar-refractivity contribution in [1.29, 1.82) is 5.26 Å². The van der Waals surface area contributed by atoms with E-state index in [0.717, 1.165) is 25.8 Å². The first-order valence-electron chi connectivity index (χ1n) is 7.39. The van der Waals surface area contributed by atoms with Crippen LogP contribution in [-0.4, -0.2) is 23.4 Å². The molecule has 2 rings (SSSR count). The quantitative estimate of drug-likeness (QED) is 0.750. The van der Waals surface area contributed by atoms with E-state index in [1.807, 2.05) is 4.90 Å². The lowest BCUT2D eigenvalue weighted by molar-refractivity contribution is -0.141. The molecule has 2 bridgehead atoms. The van der Waals surface area contributed by atoms with Crippen LogP contribution in [0.4, 0.5) is 0 Å². The summed E-state index contributed by atoms with van der Waals surface area (Å²) in [7, 11) is 0. The highest BCUT2D eigenvalue weighted by Gasteiger charge is 2.47. The standard InChI is InChI=1S/C15H24N2O/c1-3-7-15(11-16,8-4-2)14(18)17-10-12-5-6-13(17)9-12/h12-13H,3-10H2,1-2H3. The Morgan fingerprint density at radius 1 is 1.33 bits per heavy atom. The molecule has 0 radical (unpaired) electrons. The lowest BCUT2D eigenvalue weighted by atomic mass is 9.79. The maximum Gasteiger partial charge on any atom is 0.243 e. The zero-order valence-electron chi connectivity index (χ0n) is 11.6. The Labute approximate surface area is 110 Å². The van der Waals surface area contributed by atoms with Crippen molar-refractivity contribution < 1.29 is 4.79 Å². The normalized spacial score (nSPS) is 26.4. The van der Waals surface area contributed by atoms with Crippen molar-refractivity contribution in [3.05, 3.63) is 0 Å². The van der Waals surface area contributed by atoms with Crippen LogP contribution in [0.5, 0.6) is 0 Å².